The fourth-order valence-corrected chi connectivity index (χ4v) is 4.40. The molecule has 4 rings (SSSR count). The molecule has 1 saturated carbocycles. The van der Waals surface area contributed by atoms with Gasteiger partial charge in [-0.15, -0.1) is 0 Å². The van der Waals surface area contributed by atoms with Crippen LogP contribution in [0, 0.1) is 35.8 Å². The molecule has 4 unspecified atom stereocenters. The molecule has 0 saturated heterocycles. The fraction of sp³-hybridized carbons (Fsp3) is 0.333. The highest BCUT2D eigenvalue weighted by Gasteiger charge is 2.59. The van der Waals surface area contributed by atoms with Crippen LogP contribution in [0.5, 0.6) is 0 Å². The quantitative estimate of drug-likeness (QED) is 0.750. The van der Waals surface area contributed by atoms with Crippen molar-refractivity contribution in [3.05, 3.63) is 84.5 Å². The average molecular weight is 272 g/mol. The van der Waals surface area contributed by atoms with E-state index in [1.807, 2.05) is 6.07 Å². The molecule has 0 aliphatic heterocycles. The molecule has 0 aromatic heterocycles. The number of fused-ring (bicyclic) bond motifs is 1. The minimum atomic E-state index is 0.168. The maximum atomic E-state index is 3.17. The van der Waals surface area contributed by atoms with Crippen molar-refractivity contribution in [3.63, 3.8) is 0 Å². The lowest BCUT2D eigenvalue weighted by molar-refractivity contribution is 0.288. The lowest BCUT2D eigenvalue weighted by Crippen LogP contribution is -2.35. The summed E-state index contributed by atoms with van der Waals surface area (Å²) in [6, 6.07) is 12.6. The Morgan fingerprint density at radius 2 is 1.76 bits per heavy atom. The molecule has 0 bridgehead atoms. The normalized spacial score (nSPS) is 34.9. The molecule has 0 amide bonds. The average Bonchev–Trinajstić information content (AvgIpc) is 3.31. The van der Waals surface area contributed by atoms with Crippen LogP contribution in [0.1, 0.15) is 18.9 Å². The van der Waals surface area contributed by atoms with Crippen molar-refractivity contribution in [1.29, 1.82) is 0 Å². The molecule has 3 aliphatic carbocycles. The topological polar surface area (TPSA) is 0 Å². The second-order valence-corrected chi connectivity index (χ2v) is 6.61. The summed E-state index contributed by atoms with van der Waals surface area (Å²) in [7, 11) is 0. The molecule has 104 valence electrons. The van der Waals surface area contributed by atoms with Gasteiger partial charge in [0.1, 0.15) is 0 Å². The van der Waals surface area contributed by atoms with Crippen LogP contribution >= 0.6 is 0 Å². The SMILES string of the molecule is CC(c1cc#ccc1)(C1C=CC=CC1)C1C2C=CC=CC21. The smallest absolute Gasteiger partial charge is 0.00369 e. The number of rotatable bonds is 3. The lowest BCUT2D eigenvalue weighted by atomic mass is 9.65. The molecule has 21 heavy (non-hydrogen) atoms. The number of hydrogen-bond donors (Lipinski definition) is 0. The van der Waals surface area contributed by atoms with Gasteiger partial charge in [-0.1, -0.05) is 67.7 Å². The molecule has 1 fully saturated rings. The van der Waals surface area contributed by atoms with Gasteiger partial charge in [-0.3, -0.25) is 0 Å². The van der Waals surface area contributed by atoms with Gasteiger partial charge in [0.15, 0.2) is 0 Å². The van der Waals surface area contributed by atoms with Gasteiger partial charge in [0, 0.05) is 5.41 Å². The molecular formula is C21H20. The molecule has 0 radical (unpaired) electrons. The van der Waals surface area contributed by atoms with Crippen molar-refractivity contribution in [2.75, 3.05) is 0 Å². The van der Waals surface area contributed by atoms with E-state index in [0.29, 0.717) is 23.7 Å². The number of allylic oxidation sites excluding steroid dienone is 8. The van der Waals surface area contributed by atoms with Crippen LogP contribution in [0.2, 0.25) is 0 Å². The Labute approximate surface area is 127 Å². The summed E-state index contributed by atoms with van der Waals surface area (Å²) in [6.45, 7) is 2.45. The van der Waals surface area contributed by atoms with Gasteiger partial charge in [-0.2, -0.15) is 0 Å². The van der Waals surface area contributed by atoms with Crippen LogP contribution in [0.4, 0.5) is 0 Å². The van der Waals surface area contributed by atoms with Gasteiger partial charge in [-0.05, 0) is 53.9 Å². The second-order valence-electron chi connectivity index (χ2n) is 6.61. The van der Waals surface area contributed by atoms with Gasteiger partial charge in [0.05, 0.1) is 0 Å². The zero-order valence-corrected chi connectivity index (χ0v) is 12.4. The third kappa shape index (κ3) is 1.92. The molecule has 1 aromatic rings. The van der Waals surface area contributed by atoms with Crippen molar-refractivity contribution in [2.24, 2.45) is 23.7 Å². The van der Waals surface area contributed by atoms with E-state index in [-0.39, 0.29) is 5.41 Å². The summed E-state index contributed by atoms with van der Waals surface area (Å²) in [4.78, 5) is 0. The van der Waals surface area contributed by atoms with Gasteiger partial charge >= 0.3 is 0 Å². The van der Waals surface area contributed by atoms with Crippen LogP contribution in [0.25, 0.3) is 0 Å². The summed E-state index contributed by atoms with van der Waals surface area (Å²) in [5.74, 6) is 2.69. The summed E-state index contributed by atoms with van der Waals surface area (Å²) in [6.07, 6.45) is 19.4. The summed E-state index contributed by atoms with van der Waals surface area (Å²) < 4.78 is 0. The third-order valence-electron chi connectivity index (χ3n) is 5.63. The van der Waals surface area contributed by atoms with Gasteiger partial charge in [0.25, 0.3) is 0 Å². The Morgan fingerprint density at radius 1 is 1.00 bits per heavy atom. The van der Waals surface area contributed by atoms with Crippen molar-refractivity contribution < 1.29 is 0 Å². The van der Waals surface area contributed by atoms with E-state index < -0.39 is 0 Å². The van der Waals surface area contributed by atoms with Crippen molar-refractivity contribution in [3.8, 4) is 0 Å². The predicted octanol–water partition coefficient (Wildman–Crippen LogP) is 4.67. The molecular weight excluding hydrogens is 252 g/mol. The molecule has 0 heterocycles. The maximum Gasteiger partial charge on any atom is 0.00369 e. The largest absolute Gasteiger partial charge is 0.0839 e. The first kappa shape index (κ1) is 12.7. The maximum absolute atomic E-state index is 3.17. The van der Waals surface area contributed by atoms with Gasteiger partial charge < -0.3 is 0 Å². The fourth-order valence-electron chi connectivity index (χ4n) is 4.40. The Bertz CT molecular complexity index is 613. The third-order valence-corrected chi connectivity index (χ3v) is 5.63. The first-order valence-corrected chi connectivity index (χ1v) is 7.88. The molecule has 0 N–H and O–H groups in total. The molecule has 3 aliphatic rings. The van der Waals surface area contributed by atoms with Crippen molar-refractivity contribution in [2.45, 2.75) is 18.8 Å². The van der Waals surface area contributed by atoms with Crippen LogP contribution < -0.4 is 0 Å². The van der Waals surface area contributed by atoms with Gasteiger partial charge in [-0.25, -0.2) is 0 Å². The van der Waals surface area contributed by atoms with Crippen LogP contribution in [-0.2, 0) is 5.41 Å². The van der Waals surface area contributed by atoms with E-state index in [9.17, 15) is 0 Å². The van der Waals surface area contributed by atoms with Crippen LogP contribution in [0.15, 0.2) is 66.8 Å². The zero-order valence-electron chi connectivity index (χ0n) is 12.4. The van der Waals surface area contributed by atoms with Crippen molar-refractivity contribution in [1.82, 2.24) is 0 Å². The molecule has 0 nitrogen and oxygen atoms in total. The van der Waals surface area contributed by atoms with Crippen LogP contribution in [-0.4, -0.2) is 0 Å². The van der Waals surface area contributed by atoms with Crippen molar-refractivity contribution >= 4 is 0 Å². The highest BCUT2D eigenvalue weighted by Crippen LogP contribution is 2.62. The Morgan fingerprint density at radius 3 is 2.38 bits per heavy atom. The predicted molar refractivity (Wildman–Crippen MR) is 86.6 cm³/mol. The summed E-state index contributed by atoms with van der Waals surface area (Å²) >= 11 is 0. The summed E-state index contributed by atoms with van der Waals surface area (Å²) in [5, 5.41) is 0. The molecule has 0 spiro atoms. The highest BCUT2D eigenvalue weighted by atomic mass is 14.6. The van der Waals surface area contributed by atoms with Crippen LogP contribution in [0.3, 0.4) is 0 Å². The Balaban J connectivity index is 1.76. The van der Waals surface area contributed by atoms with E-state index in [4.69, 9.17) is 0 Å². The summed E-state index contributed by atoms with van der Waals surface area (Å²) in [5.41, 5.74) is 1.58. The highest BCUT2D eigenvalue weighted by molar-refractivity contribution is 5.38. The first-order valence-electron chi connectivity index (χ1n) is 7.88. The minimum absolute atomic E-state index is 0.168. The van der Waals surface area contributed by atoms with E-state index in [1.54, 1.807) is 0 Å². The van der Waals surface area contributed by atoms with E-state index in [0.717, 1.165) is 6.42 Å². The first-order chi connectivity index (χ1) is 10.3. The minimum Gasteiger partial charge on any atom is -0.0839 e. The second kappa shape index (κ2) is 4.78. The van der Waals surface area contributed by atoms with E-state index in [2.05, 4.69) is 79.8 Å². The lowest BCUT2D eigenvalue weighted by Gasteiger charge is -2.38. The monoisotopic (exact) mass is 272 g/mol. The van der Waals surface area contributed by atoms with E-state index >= 15 is 0 Å². The standard InChI is InChI=1S/C21H20/c1-21(16-10-4-2-5-11-16,17-12-6-3-7-13-17)20-18-14-8-9-15-19(18)20/h2,4-6,8-10,12-16,18-20H,11H2,1H3. The van der Waals surface area contributed by atoms with Gasteiger partial charge in [0.2, 0.25) is 0 Å². The molecule has 4 atom stereocenters. The molecule has 0 heteroatoms. The Hall–Kier alpha value is -2.00. The zero-order chi connectivity index (χ0) is 14.3. The molecule has 1 aromatic carbocycles. The Kier molecular flexibility index (Phi) is 2.89. The number of hydrogen-bond acceptors (Lipinski definition) is 0. The van der Waals surface area contributed by atoms with E-state index in [1.165, 1.54) is 5.56 Å².